The van der Waals surface area contributed by atoms with Crippen molar-refractivity contribution in [3.05, 3.63) is 34.6 Å². The van der Waals surface area contributed by atoms with Crippen molar-refractivity contribution in [2.45, 2.75) is 52.5 Å². The molecule has 1 fully saturated rings. The van der Waals surface area contributed by atoms with Crippen LogP contribution in [0.2, 0.25) is 0 Å². The summed E-state index contributed by atoms with van der Waals surface area (Å²) < 4.78 is 13.6. The first kappa shape index (κ1) is 12.6. The van der Waals surface area contributed by atoms with Gasteiger partial charge in [0.05, 0.1) is 0 Å². The van der Waals surface area contributed by atoms with Gasteiger partial charge in [0, 0.05) is 6.04 Å². The molecule has 2 N–H and O–H groups in total. The van der Waals surface area contributed by atoms with Crippen molar-refractivity contribution >= 4 is 0 Å². The van der Waals surface area contributed by atoms with Gasteiger partial charge in [-0.15, -0.1) is 0 Å². The summed E-state index contributed by atoms with van der Waals surface area (Å²) in [4.78, 5) is 0. The predicted octanol–water partition coefficient (Wildman–Crippen LogP) is 4.02. The molecule has 1 aliphatic carbocycles. The molecular weight excluding hydrogens is 213 g/mol. The fourth-order valence-electron chi connectivity index (χ4n) is 3.06. The molecule has 1 aliphatic rings. The van der Waals surface area contributed by atoms with Crippen molar-refractivity contribution in [1.82, 2.24) is 0 Å². The van der Waals surface area contributed by atoms with Crippen LogP contribution in [0.3, 0.4) is 0 Å². The molecule has 0 radical (unpaired) electrons. The van der Waals surface area contributed by atoms with Gasteiger partial charge >= 0.3 is 0 Å². The van der Waals surface area contributed by atoms with Gasteiger partial charge in [0.2, 0.25) is 0 Å². The van der Waals surface area contributed by atoms with Crippen LogP contribution in [0.5, 0.6) is 0 Å². The third-order valence-corrected chi connectivity index (χ3v) is 4.31. The van der Waals surface area contributed by atoms with E-state index in [0.29, 0.717) is 11.1 Å². The Labute approximate surface area is 103 Å². The zero-order valence-corrected chi connectivity index (χ0v) is 11.0. The molecule has 1 aromatic rings. The molecule has 1 unspecified atom stereocenters. The van der Waals surface area contributed by atoms with Crippen LogP contribution in [0.25, 0.3) is 0 Å². The van der Waals surface area contributed by atoms with Crippen LogP contribution in [-0.2, 0) is 0 Å². The monoisotopic (exact) mass is 235 g/mol. The van der Waals surface area contributed by atoms with E-state index in [1.165, 1.54) is 25.7 Å². The second-order valence-corrected chi connectivity index (χ2v) is 5.81. The second-order valence-electron chi connectivity index (χ2n) is 5.81. The molecule has 0 spiro atoms. The maximum absolute atomic E-state index is 13.6. The normalized spacial score (nSPS) is 20.5. The van der Waals surface area contributed by atoms with Gasteiger partial charge in [0.25, 0.3) is 0 Å². The highest BCUT2D eigenvalue weighted by molar-refractivity contribution is 5.33. The van der Waals surface area contributed by atoms with E-state index in [1.54, 1.807) is 0 Å². The molecule has 1 saturated carbocycles. The van der Waals surface area contributed by atoms with Crippen LogP contribution in [0.4, 0.5) is 4.39 Å². The lowest BCUT2D eigenvalue weighted by molar-refractivity contribution is 0.265. The van der Waals surface area contributed by atoms with Crippen molar-refractivity contribution in [1.29, 1.82) is 0 Å². The Kier molecular flexibility index (Phi) is 3.26. The second kappa shape index (κ2) is 4.41. The SMILES string of the molecule is Cc1cc(C(N)C2(C)CCCC2)cc(C)c1F. The minimum Gasteiger partial charge on any atom is -0.323 e. The topological polar surface area (TPSA) is 26.0 Å². The van der Waals surface area contributed by atoms with E-state index < -0.39 is 0 Å². The van der Waals surface area contributed by atoms with Crippen molar-refractivity contribution in [3.63, 3.8) is 0 Å². The summed E-state index contributed by atoms with van der Waals surface area (Å²) in [5, 5.41) is 0. The lowest BCUT2D eigenvalue weighted by atomic mass is 9.77. The molecule has 0 aliphatic heterocycles. The highest BCUT2D eigenvalue weighted by atomic mass is 19.1. The molecule has 1 atom stereocenters. The van der Waals surface area contributed by atoms with E-state index in [1.807, 2.05) is 26.0 Å². The zero-order chi connectivity index (χ0) is 12.6. The third-order valence-electron chi connectivity index (χ3n) is 4.31. The minimum absolute atomic E-state index is 0.0306. The number of hydrogen-bond donors (Lipinski definition) is 1. The van der Waals surface area contributed by atoms with Crippen molar-refractivity contribution in [2.24, 2.45) is 11.1 Å². The zero-order valence-electron chi connectivity index (χ0n) is 11.0. The fraction of sp³-hybridized carbons (Fsp3) is 0.600. The van der Waals surface area contributed by atoms with Crippen LogP contribution in [-0.4, -0.2) is 0 Å². The molecule has 0 bridgehead atoms. The highest BCUT2D eigenvalue weighted by Crippen LogP contribution is 2.46. The van der Waals surface area contributed by atoms with E-state index in [-0.39, 0.29) is 17.3 Å². The molecule has 0 aromatic heterocycles. The Morgan fingerprint density at radius 1 is 1.18 bits per heavy atom. The van der Waals surface area contributed by atoms with Crippen molar-refractivity contribution in [3.8, 4) is 0 Å². The number of aryl methyl sites for hydroxylation is 2. The van der Waals surface area contributed by atoms with E-state index in [4.69, 9.17) is 5.73 Å². The summed E-state index contributed by atoms with van der Waals surface area (Å²) >= 11 is 0. The van der Waals surface area contributed by atoms with E-state index in [0.717, 1.165) is 5.56 Å². The average molecular weight is 235 g/mol. The largest absolute Gasteiger partial charge is 0.323 e. The summed E-state index contributed by atoms with van der Waals surface area (Å²) in [6, 6.07) is 3.86. The molecule has 17 heavy (non-hydrogen) atoms. The average Bonchev–Trinajstić information content (AvgIpc) is 2.72. The number of rotatable bonds is 2. The Balaban J connectivity index is 2.34. The highest BCUT2D eigenvalue weighted by Gasteiger charge is 2.35. The number of nitrogens with two attached hydrogens (primary N) is 1. The first-order valence-electron chi connectivity index (χ1n) is 6.46. The van der Waals surface area contributed by atoms with Gasteiger partial charge < -0.3 is 5.73 Å². The summed E-state index contributed by atoms with van der Waals surface area (Å²) in [5.41, 5.74) is 9.09. The number of benzene rings is 1. The number of hydrogen-bond acceptors (Lipinski definition) is 1. The molecular formula is C15H22FN. The maximum atomic E-state index is 13.6. The molecule has 1 nitrogen and oxygen atoms in total. The van der Waals surface area contributed by atoms with Gasteiger partial charge in [-0.05, 0) is 48.8 Å². The van der Waals surface area contributed by atoms with Crippen LogP contribution >= 0.6 is 0 Å². The molecule has 1 aromatic carbocycles. The van der Waals surface area contributed by atoms with Gasteiger partial charge in [0.15, 0.2) is 0 Å². The predicted molar refractivity (Wildman–Crippen MR) is 69.4 cm³/mol. The molecule has 2 rings (SSSR count). The number of halogens is 1. The van der Waals surface area contributed by atoms with E-state index >= 15 is 0 Å². The molecule has 0 saturated heterocycles. The van der Waals surface area contributed by atoms with Gasteiger partial charge in [-0.2, -0.15) is 0 Å². The van der Waals surface area contributed by atoms with Crippen molar-refractivity contribution in [2.75, 3.05) is 0 Å². The summed E-state index contributed by atoms with van der Waals surface area (Å²) in [7, 11) is 0. The third kappa shape index (κ3) is 2.23. The van der Waals surface area contributed by atoms with E-state index in [9.17, 15) is 4.39 Å². The first-order valence-corrected chi connectivity index (χ1v) is 6.46. The summed E-state index contributed by atoms with van der Waals surface area (Å²) in [6.07, 6.45) is 4.90. The van der Waals surface area contributed by atoms with Crippen LogP contribution in [0, 0.1) is 25.1 Å². The Morgan fingerprint density at radius 3 is 2.12 bits per heavy atom. The minimum atomic E-state index is -0.0995. The van der Waals surface area contributed by atoms with Crippen LogP contribution in [0.15, 0.2) is 12.1 Å². The van der Waals surface area contributed by atoms with E-state index in [2.05, 4.69) is 6.92 Å². The quantitative estimate of drug-likeness (QED) is 0.823. The van der Waals surface area contributed by atoms with Gasteiger partial charge in [0.1, 0.15) is 5.82 Å². The Morgan fingerprint density at radius 2 is 1.65 bits per heavy atom. The van der Waals surface area contributed by atoms with Gasteiger partial charge in [-0.1, -0.05) is 31.9 Å². The van der Waals surface area contributed by atoms with Crippen molar-refractivity contribution < 1.29 is 4.39 Å². The van der Waals surface area contributed by atoms with Gasteiger partial charge in [-0.3, -0.25) is 0 Å². The first-order chi connectivity index (χ1) is 7.94. The van der Waals surface area contributed by atoms with Crippen LogP contribution in [0.1, 0.15) is 55.3 Å². The standard InChI is InChI=1S/C15H22FN/c1-10-8-12(9-11(2)13(10)16)14(17)15(3)6-4-5-7-15/h8-9,14H,4-7,17H2,1-3H3. The van der Waals surface area contributed by atoms with Gasteiger partial charge in [-0.25, -0.2) is 4.39 Å². The van der Waals surface area contributed by atoms with Crippen LogP contribution < -0.4 is 5.73 Å². The Hall–Kier alpha value is -0.890. The summed E-state index contributed by atoms with van der Waals surface area (Å²) in [6.45, 7) is 5.89. The lowest BCUT2D eigenvalue weighted by Crippen LogP contribution is -2.29. The summed E-state index contributed by atoms with van der Waals surface area (Å²) in [5.74, 6) is -0.0995. The smallest absolute Gasteiger partial charge is 0.129 e. The molecule has 0 heterocycles. The molecule has 94 valence electrons. The molecule has 0 amide bonds. The lowest BCUT2D eigenvalue weighted by Gasteiger charge is -2.32. The molecule has 2 heteroatoms. The fourth-order valence-corrected chi connectivity index (χ4v) is 3.06. The maximum Gasteiger partial charge on any atom is 0.129 e. The Bertz CT molecular complexity index is 396.